The molecule has 4 N–H and O–H groups in total. The van der Waals surface area contributed by atoms with Crippen LogP contribution in [-0.2, 0) is 13.2 Å². The second kappa shape index (κ2) is 9.37. The molecule has 0 spiro atoms. The Kier molecular flexibility index (Phi) is 6.43. The summed E-state index contributed by atoms with van der Waals surface area (Å²) in [6.45, 7) is -0.410. The molecule has 0 aliphatic heterocycles. The van der Waals surface area contributed by atoms with Crippen molar-refractivity contribution in [2.24, 2.45) is 0 Å². The third kappa shape index (κ3) is 5.32. The lowest BCUT2D eigenvalue weighted by Crippen LogP contribution is -2.19. The SMILES string of the molecule is N#Cc1ccc(Oc2ccc(NC(=O)Nc3ccc(CO)c(CO)c3)cc2)cc1. The Labute approximate surface area is 167 Å². The Balaban J connectivity index is 1.59. The van der Waals surface area contributed by atoms with Crippen LogP contribution in [0.1, 0.15) is 16.7 Å². The van der Waals surface area contributed by atoms with Crippen LogP contribution in [0.2, 0.25) is 0 Å². The number of nitriles is 1. The molecule has 3 aromatic rings. The van der Waals surface area contributed by atoms with Gasteiger partial charge in [0.05, 0.1) is 24.8 Å². The van der Waals surface area contributed by atoms with E-state index in [1.54, 1.807) is 66.7 Å². The van der Waals surface area contributed by atoms with E-state index in [-0.39, 0.29) is 13.2 Å². The van der Waals surface area contributed by atoms with Gasteiger partial charge in [-0.1, -0.05) is 6.07 Å². The third-order valence-electron chi connectivity index (χ3n) is 4.14. The summed E-state index contributed by atoms with van der Waals surface area (Å²) in [6.07, 6.45) is 0. The number of anilines is 2. The molecule has 0 saturated heterocycles. The lowest BCUT2D eigenvalue weighted by atomic mass is 10.1. The smallest absolute Gasteiger partial charge is 0.323 e. The summed E-state index contributed by atoms with van der Waals surface area (Å²) in [7, 11) is 0. The predicted octanol–water partition coefficient (Wildman–Crippen LogP) is 3.98. The second-order valence-corrected chi connectivity index (χ2v) is 6.14. The topological polar surface area (TPSA) is 115 Å². The molecule has 7 nitrogen and oxygen atoms in total. The average molecular weight is 389 g/mol. The zero-order valence-corrected chi connectivity index (χ0v) is 15.4. The number of hydrogen-bond acceptors (Lipinski definition) is 5. The minimum atomic E-state index is -0.439. The molecule has 3 rings (SSSR count). The van der Waals surface area contributed by atoms with Crippen molar-refractivity contribution in [3.05, 3.63) is 83.4 Å². The quantitative estimate of drug-likeness (QED) is 0.509. The molecule has 0 fully saturated rings. The molecule has 0 unspecified atom stereocenters. The number of nitrogens with zero attached hydrogens (tertiary/aromatic N) is 1. The summed E-state index contributed by atoms with van der Waals surface area (Å²) in [4.78, 5) is 12.2. The number of benzene rings is 3. The van der Waals surface area contributed by atoms with E-state index in [0.29, 0.717) is 39.6 Å². The van der Waals surface area contributed by atoms with Crippen LogP contribution in [0.5, 0.6) is 11.5 Å². The number of aliphatic hydroxyl groups excluding tert-OH is 2. The minimum Gasteiger partial charge on any atom is -0.457 e. The molecule has 0 aliphatic rings. The van der Waals surface area contributed by atoms with Crippen LogP contribution < -0.4 is 15.4 Å². The van der Waals surface area contributed by atoms with Crippen LogP contribution >= 0.6 is 0 Å². The molecule has 29 heavy (non-hydrogen) atoms. The van der Waals surface area contributed by atoms with E-state index in [2.05, 4.69) is 10.6 Å². The summed E-state index contributed by atoms with van der Waals surface area (Å²) in [6, 6.07) is 20.1. The van der Waals surface area contributed by atoms with Crippen molar-refractivity contribution in [2.45, 2.75) is 13.2 Å². The Morgan fingerprint density at radius 2 is 1.38 bits per heavy atom. The molecule has 0 aliphatic carbocycles. The van der Waals surface area contributed by atoms with Crippen molar-refractivity contribution in [3.8, 4) is 17.6 Å². The van der Waals surface area contributed by atoms with Crippen LogP contribution in [0.25, 0.3) is 0 Å². The summed E-state index contributed by atoms with van der Waals surface area (Å²) >= 11 is 0. The molecular weight excluding hydrogens is 370 g/mol. The molecule has 3 aromatic carbocycles. The summed E-state index contributed by atoms with van der Waals surface area (Å²) in [5, 5.41) is 32.8. The largest absolute Gasteiger partial charge is 0.457 e. The summed E-state index contributed by atoms with van der Waals surface area (Å²) in [5.41, 5.74) is 2.79. The fraction of sp³-hybridized carbons (Fsp3) is 0.0909. The molecule has 0 heterocycles. The Morgan fingerprint density at radius 3 is 1.97 bits per heavy atom. The maximum atomic E-state index is 12.2. The lowest BCUT2D eigenvalue weighted by Gasteiger charge is -2.11. The zero-order valence-electron chi connectivity index (χ0n) is 15.4. The van der Waals surface area contributed by atoms with Crippen molar-refractivity contribution in [2.75, 3.05) is 10.6 Å². The van der Waals surface area contributed by atoms with Gasteiger partial charge in [-0.05, 0) is 71.8 Å². The fourth-order valence-electron chi connectivity index (χ4n) is 2.64. The van der Waals surface area contributed by atoms with E-state index in [0.717, 1.165) is 0 Å². The van der Waals surface area contributed by atoms with Crippen LogP contribution in [0.4, 0.5) is 16.2 Å². The summed E-state index contributed by atoms with van der Waals surface area (Å²) in [5.74, 6) is 1.20. The minimum absolute atomic E-state index is 0.181. The molecule has 0 atom stereocenters. The number of nitrogens with one attached hydrogen (secondary N) is 2. The number of rotatable bonds is 6. The van der Waals surface area contributed by atoms with Crippen LogP contribution in [0, 0.1) is 11.3 Å². The van der Waals surface area contributed by atoms with E-state index in [4.69, 9.17) is 10.00 Å². The number of hydrogen-bond donors (Lipinski definition) is 4. The first-order chi connectivity index (χ1) is 14.1. The highest BCUT2D eigenvalue weighted by Crippen LogP contribution is 2.23. The average Bonchev–Trinajstić information content (AvgIpc) is 2.75. The molecule has 0 aromatic heterocycles. The predicted molar refractivity (Wildman–Crippen MR) is 109 cm³/mol. The highest BCUT2D eigenvalue weighted by Gasteiger charge is 2.07. The van der Waals surface area contributed by atoms with Crippen LogP contribution in [0.3, 0.4) is 0 Å². The molecule has 146 valence electrons. The normalized spacial score (nSPS) is 10.1. The van der Waals surface area contributed by atoms with Gasteiger partial charge < -0.3 is 25.6 Å². The van der Waals surface area contributed by atoms with E-state index >= 15 is 0 Å². The van der Waals surface area contributed by atoms with E-state index < -0.39 is 6.03 Å². The van der Waals surface area contributed by atoms with Gasteiger partial charge in [-0.2, -0.15) is 5.26 Å². The van der Waals surface area contributed by atoms with E-state index in [9.17, 15) is 15.0 Å². The van der Waals surface area contributed by atoms with Crippen molar-refractivity contribution >= 4 is 17.4 Å². The van der Waals surface area contributed by atoms with Gasteiger partial charge in [0, 0.05) is 11.4 Å². The van der Waals surface area contributed by atoms with Gasteiger partial charge in [0.15, 0.2) is 0 Å². The second-order valence-electron chi connectivity index (χ2n) is 6.14. The zero-order chi connectivity index (χ0) is 20.6. The number of amides is 2. The molecule has 0 radical (unpaired) electrons. The first-order valence-corrected chi connectivity index (χ1v) is 8.81. The van der Waals surface area contributed by atoms with Crippen LogP contribution in [0.15, 0.2) is 66.7 Å². The van der Waals surface area contributed by atoms with Gasteiger partial charge in [0.1, 0.15) is 11.5 Å². The van der Waals surface area contributed by atoms with Crippen molar-refractivity contribution in [1.29, 1.82) is 5.26 Å². The molecular formula is C22H19N3O4. The number of carbonyl (C=O) groups excluding carboxylic acids is 1. The van der Waals surface area contributed by atoms with Crippen molar-refractivity contribution < 1.29 is 19.7 Å². The summed E-state index contributed by atoms with van der Waals surface area (Å²) < 4.78 is 5.70. The maximum absolute atomic E-state index is 12.2. The van der Waals surface area contributed by atoms with Gasteiger partial charge in [0.25, 0.3) is 0 Å². The van der Waals surface area contributed by atoms with Gasteiger partial charge in [0.2, 0.25) is 0 Å². The van der Waals surface area contributed by atoms with Crippen molar-refractivity contribution in [1.82, 2.24) is 0 Å². The first kappa shape index (κ1) is 19.9. The van der Waals surface area contributed by atoms with Gasteiger partial charge in [-0.15, -0.1) is 0 Å². The van der Waals surface area contributed by atoms with E-state index in [1.165, 1.54) is 0 Å². The standard InChI is InChI=1S/C22H19N3O4/c23-12-15-1-7-20(8-2-15)29-21-9-5-18(6-10-21)24-22(28)25-19-4-3-16(13-26)17(11-19)14-27/h1-11,26-27H,13-14H2,(H2,24,25,28). The monoisotopic (exact) mass is 389 g/mol. The van der Waals surface area contributed by atoms with Gasteiger partial charge in [-0.25, -0.2) is 4.79 Å². The Hall–Kier alpha value is -3.86. The molecule has 0 saturated carbocycles. The molecule has 2 amide bonds. The first-order valence-electron chi connectivity index (χ1n) is 8.81. The highest BCUT2D eigenvalue weighted by molar-refractivity contribution is 5.99. The van der Waals surface area contributed by atoms with Crippen molar-refractivity contribution in [3.63, 3.8) is 0 Å². The number of urea groups is 1. The van der Waals surface area contributed by atoms with Gasteiger partial charge >= 0.3 is 6.03 Å². The number of carbonyl (C=O) groups is 1. The fourth-order valence-corrected chi connectivity index (χ4v) is 2.64. The maximum Gasteiger partial charge on any atom is 0.323 e. The molecule has 7 heteroatoms. The lowest BCUT2D eigenvalue weighted by molar-refractivity contribution is 0.259. The Morgan fingerprint density at radius 1 is 0.828 bits per heavy atom. The van der Waals surface area contributed by atoms with Gasteiger partial charge in [-0.3, -0.25) is 0 Å². The Bertz CT molecular complexity index is 1030. The highest BCUT2D eigenvalue weighted by atomic mass is 16.5. The number of ether oxygens (including phenoxy) is 1. The van der Waals surface area contributed by atoms with E-state index in [1.807, 2.05) is 6.07 Å². The number of aliphatic hydroxyl groups is 2. The van der Waals surface area contributed by atoms with Crippen LogP contribution in [-0.4, -0.2) is 16.2 Å². The third-order valence-corrected chi connectivity index (χ3v) is 4.14. The molecule has 0 bridgehead atoms.